The summed E-state index contributed by atoms with van der Waals surface area (Å²) in [6, 6.07) is 0.0595. The lowest BCUT2D eigenvalue weighted by atomic mass is 9.93. The number of nitrogens with zero attached hydrogens (tertiary/aromatic N) is 1. The lowest BCUT2D eigenvalue weighted by Crippen LogP contribution is -2.41. The van der Waals surface area contributed by atoms with Crippen molar-refractivity contribution in [3.05, 3.63) is 0 Å². The summed E-state index contributed by atoms with van der Waals surface area (Å²) in [5.74, 6) is -0.0163. The van der Waals surface area contributed by atoms with Crippen LogP contribution in [0.3, 0.4) is 0 Å². The Hall–Kier alpha value is -0.570. The van der Waals surface area contributed by atoms with Crippen molar-refractivity contribution in [2.45, 2.75) is 45.9 Å². The number of rotatable bonds is 0. The molecule has 13 heavy (non-hydrogen) atoms. The molecule has 0 radical (unpaired) electrons. The fourth-order valence-electron chi connectivity index (χ4n) is 2.25. The first-order valence-corrected chi connectivity index (χ1v) is 4.96. The molecule has 0 bridgehead atoms. The van der Waals surface area contributed by atoms with E-state index in [0.717, 1.165) is 19.4 Å². The van der Waals surface area contributed by atoms with E-state index >= 15 is 0 Å². The molecule has 74 valence electrons. The van der Waals surface area contributed by atoms with Gasteiger partial charge in [-0.3, -0.25) is 9.69 Å². The Labute approximate surface area is 79.0 Å². The van der Waals surface area contributed by atoms with Gasteiger partial charge in [0.05, 0.1) is 0 Å². The summed E-state index contributed by atoms with van der Waals surface area (Å²) in [6.45, 7) is 7.36. The van der Waals surface area contributed by atoms with Crippen LogP contribution in [-0.4, -0.2) is 29.7 Å². The van der Waals surface area contributed by atoms with Crippen LogP contribution in [-0.2, 0) is 9.53 Å². The molecule has 2 fully saturated rings. The van der Waals surface area contributed by atoms with E-state index in [2.05, 4.69) is 25.7 Å². The third kappa shape index (κ3) is 1.35. The second kappa shape index (κ2) is 2.71. The van der Waals surface area contributed by atoms with Gasteiger partial charge in [0.15, 0.2) is 6.23 Å². The maximum Gasteiger partial charge on any atom is 0.325 e. The number of fused-ring (bicyclic) bond motifs is 1. The third-order valence-electron chi connectivity index (χ3n) is 2.84. The first-order chi connectivity index (χ1) is 6.00. The van der Waals surface area contributed by atoms with E-state index in [9.17, 15) is 4.79 Å². The molecule has 0 aromatic carbocycles. The number of carbonyl (C=O) groups is 1. The summed E-state index contributed by atoms with van der Waals surface area (Å²) in [7, 11) is 0. The second-order valence-electron chi connectivity index (χ2n) is 5.05. The van der Waals surface area contributed by atoms with Crippen LogP contribution < -0.4 is 0 Å². The van der Waals surface area contributed by atoms with E-state index in [4.69, 9.17) is 4.74 Å². The van der Waals surface area contributed by atoms with Gasteiger partial charge in [0.2, 0.25) is 0 Å². The number of cyclic esters (lactones) is 1. The first-order valence-electron chi connectivity index (χ1n) is 4.96. The predicted octanol–water partition coefficient (Wildman–Crippen LogP) is 1.38. The molecule has 2 aliphatic heterocycles. The van der Waals surface area contributed by atoms with Crippen molar-refractivity contribution >= 4 is 5.97 Å². The number of hydrogen-bond acceptors (Lipinski definition) is 3. The van der Waals surface area contributed by atoms with Crippen LogP contribution in [0.5, 0.6) is 0 Å². The molecule has 0 saturated carbocycles. The molecule has 0 unspecified atom stereocenters. The summed E-state index contributed by atoms with van der Waals surface area (Å²) < 4.78 is 5.38. The van der Waals surface area contributed by atoms with Gasteiger partial charge in [-0.05, 0) is 12.8 Å². The largest absolute Gasteiger partial charge is 0.445 e. The van der Waals surface area contributed by atoms with E-state index in [1.807, 2.05) is 0 Å². The Morgan fingerprint density at radius 1 is 1.46 bits per heavy atom. The van der Waals surface area contributed by atoms with E-state index in [1.54, 1.807) is 0 Å². The zero-order valence-electron chi connectivity index (χ0n) is 8.54. The third-order valence-corrected chi connectivity index (χ3v) is 2.84. The molecule has 2 saturated heterocycles. The highest BCUT2D eigenvalue weighted by atomic mass is 16.6. The predicted molar refractivity (Wildman–Crippen MR) is 49.1 cm³/mol. The van der Waals surface area contributed by atoms with Crippen molar-refractivity contribution in [2.75, 3.05) is 6.54 Å². The Morgan fingerprint density at radius 3 is 2.77 bits per heavy atom. The topological polar surface area (TPSA) is 29.5 Å². The Bertz CT molecular complexity index is 232. The van der Waals surface area contributed by atoms with Crippen LogP contribution in [0.4, 0.5) is 0 Å². The van der Waals surface area contributed by atoms with E-state index in [0.29, 0.717) is 0 Å². The second-order valence-corrected chi connectivity index (χ2v) is 5.05. The number of ether oxygens (including phenoxy) is 1. The molecule has 2 rings (SSSR count). The van der Waals surface area contributed by atoms with Crippen LogP contribution in [0.25, 0.3) is 0 Å². The van der Waals surface area contributed by atoms with Gasteiger partial charge >= 0.3 is 5.97 Å². The summed E-state index contributed by atoms with van der Waals surface area (Å²) >= 11 is 0. The summed E-state index contributed by atoms with van der Waals surface area (Å²) in [4.78, 5) is 13.7. The normalized spacial score (nSPS) is 34.8. The highest BCUT2D eigenvalue weighted by Crippen LogP contribution is 2.36. The summed E-state index contributed by atoms with van der Waals surface area (Å²) in [6.07, 6.45) is 2.10. The van der Waals surface area contributed by atoms with Crippen molar-refractivity contribution < 1.29 is 9.53 Å². The zero-order valence-corrected chi connectivity index (χ0v) is 8.54. The quantitative estimate of drug-likeness (QED) is 0.531. The first kappa shape index (κ1) is 9.00. The van der Waals surface area contributed by atoms with Crippen LogP contribution in [0.1, 0.15) is 33.6 Å². The molecular weight excluding hydrogens is 166 g/mol. The van der Waals surface area contributed by atoms with Crippen molar-refractivity contribution in [1.29, 1.82) is 0 Å². The zero-order chi connectivity index (χ0) is 9.64. The number of esters is 1. The van der Waals surface area contributed by atoms with Crippen molar-refractivity contribution in [3.8, 4) is 0 Å². The van der Waals surface area contributed by atoms with Gasteiger partial charge in [0.1, 0.15) is 6.04 Å². The molecule has 0 aliphatic carbocycles. The molecular formula is C10H17NO2. The fourth-order valence-corrected chi connectivity index (χ4v) is 2.25. The highest BCUT2D eigenvalue weighted by Gasteiger charge is 2.49. The summed E-state index contributed by atoms with van der Waals surface area (Å²) in [5.41, 5.74) is 0.0365. The number of hydrogen-bond donors (Lipinski definition) is 0. The SMILES string of the molecule is CC(C)(C)[C@@H]1OC(=O)[C@H]2CCCN21. The van der Waals surface area contributed by atoms with Crippen molar-refractivity contribution in [2.24, 2.45) is 5.41 Å². The minimum absolute atomic E-state index is 0.00694. The minimum Gasteiger partial charge on any atom is -0.445 e. The molecule has 2 atom stereocenters. The Kier molecular flexibility index (Phi) is 1.88. The lowest BCUT2D eigenvalue weighted by Gasteiger charge is -2.31. The maximum absolute atomic E-state index is 11.4. The van der Waals surface area contributed by atoms with Gasteiger partial charge < -0.3 is 4.74 Å². The Morgan fingerprint density at radius 2 is 2.15 bits per heavy atom. The van der Waals surface area contributed by atoms with Crippen LogP contribution in [0.2, 0.25) is 0 Å². The van der Waals surface area contributed by atoms with E-state index < -0.39 is 0 Å². The molecule has 0 aromatic heterocycles. The molecule has 0 N–H and O–H groups in total. The molecule has 3 nitrogen and oxygen atoms in total. The minimum atomic E-state index is -0.0163. The molecule has 0 amide bonds. The smallest absolute Gasteiger partial charge is 0.325 e. The van der Waals surface area contributed by atoms with Gasteiger partial charge in [-0.2, -0.15) is 0 Å². The lowest BCUT2D eigenvalue weighted by molar-refractivity contribution is -0.148. The maximum atomic E-state index is 11.4. The summed E-state index contributed by atoms with van der Waals surface area (Å²) in [5, 5.41) is 0. The highest BCUT2D eigenvalue weighted by molar-refractivity contribution is 5.78. The van der Waals surface area contributed by atoms with Crippen molar-refractivity contribution in [3.63, 3.8) is 0 Å². The molecule has 2 heterocycles. The van der Waals surface area contributed by atoms with Crippen LogP contribution in [0, 0.1) is 5.41 Å². The van der Waals surface area contributed by atoms with Gasteiger partial charge in [0.25, 0.3) is 0 Å². The molecule has 0 aromatic rings. The van der Waals surface area contributed by atoms with Crippen molar-refractivity contribution in [1.82, 2.24) is 4.90 Å². The average Bonchev–Trinajstić information content (AvgIpc) is 2.51. The van der Waals surface area contributed by atoms with Gasteiger partial charge in [0, 0.05) is 12.0 Å². The van der Waals surface area contributed by atoms with E-state index in [-0.39, 0.29) is 23.7 Å². The standard InChI is InChI=1S/C10H17NO2/c1-10(2,3)9-11-6-4-5-7(11)8(12)13-9/h7,9H,4-6H2,1-3H3/t7-,9+/m1/s1. The van der Waals surface area contributed by atoms with Crippen LogP contribution >= 0.6 is 0 Å². The number of carbonyl (C=O) groups excluding carboxylic acids is 1. The average molecular weight is 183 g/mol. The molecule has 0 spiro atoms. The molecule has 3 heteroatoms. The monoisotopic (exact) mass is 183 g/mol. The van der Waals surface area contributed by atoms with Gasteiger partial charge in [-0.15, -0.1) is 0 Å². The van der Waals surface area contributed by atoms with Gasteiger partial charge in [-0.25, -0.2) is 0 Å². The Balaban J connectivity index is 2.20. The van der Waals surface area contributed by atoms with Crippen LogP contribution in [0.15, 0.2) is 0 Å². The molecule has 2 aliphatic rings. The van der Waals surface area contributed by atoms with Gasteiger partial charge in [-0.1, -0.05) is 20.8 Å². The van der Waals surface area contributed by atoms with E-state index in [1.165, 1.54) is 0 Å². The fraction of sp³-hybridized carbons (Fsp3) is 0.900.